The van der Waals surface area contributed by atoms with Crippen LogP contribution >= 0.6 is 0 Å². The van der Waals surface area contributed by atoms with Crippen molar-refractivity contribution in [1.29, 1.82) is 0 Å². The fourth-order valence-corrected chi connectivity index (χ4v) is 3.05. The molecule has 26 heavy (non-hydrogen) atoms. The first-order valence-corrected chi connectivity index (χ1v) is 7.45. The van der Waals surface area contributed by atoms with Gasteiger partial charge >= 0.3 is 11.7 Å². The molecule has 1 aliphatic heterocycles. The number of para-hydroxylation sites is 1. The number of carbonyl (C=O) groups excluding carboxylic acids is 3. The van der Waals surface area contributed by atoms with Gasteiger partial charge in [-0.05, 0) is 13.0 Å². The van der Waals surface area contributed by atoms with Crippen molar-refractivity contribution < 1.29 is 28.8 Å². The molecular weight excluding hydrogens is 346 g/mol. The van der Waals surface area contributed by atoms with E-state index < -0.39 is 40.2 Å². The number of primary amides is 1. The minimum absolute atomic E-state index is 0.0484. The second-order valence-corrected chi connectivity index (χ2v) is 5.53. The molecule has 0 aliphatic carbocycles. The molecule has 10 heteroatoms. The highest BCUT2D eigenvalue weighted by Crippen LogP contribution is 2.44. The third-order valence-electron chi connectivity index (χ3n) is 4.12. The largest absolute Gasteiger partial charge is 0.490 e. The zero-order valence-corrected chi connectivity index (χ0v) is 14.3. The predicted octanol–water partition coefficient (Wildman–Crippen LogP) is 0.365. The van der Waals surface area contributed by atoms with Crippen molar-refractivity contribution in [2.75, 3.05) is 14.2 Å². The molecule has 1 aliphatic rings. The second kappa shape index (κ2) is 7.21. The van der Waals surface area contributed by atoms with Gasteiger partial charge in [-0.3, -0.25) is 19.7 Å². The quantitative estimate of drug-likeness (QED) is 0.332. The number of methoxy groups -OCH3 is 2. The van der Waals surface area contributed by atoms with Crippen LogP contribution < -0.4 is 15.8 Å². The van der Waals surface area contributed by atoms with Gasteiger partial charge in [0, 0.05) is 17.2 Å². The van der Waals surface area contributed by atoms with Crippen molar-refractivity contribution in [3.05, 3.63) is 45.1 Å². The van der Waals surface area contributed by atoms with Crippen molar-refractivity contribution in [1.82, 2.24) is 5.32 Å². The first kappa shape index (κ1) is 18.9. The van der Waals surface area contributed by atoms with Gasteiger partial charge in [-0.2, -0.15) is 0 Å². The number of amides is 2. The zero-order valence-electron chi connectivity index (χ0n) is 14.3. The summed E-state index contributed by atoms with van der Waals surface area (Å²) in [6.45, 7) is 1.43. The van der Waals surface area contributed by atoms with E-state index in [0.717, 1.165) is 7.11 Å². The van der Waals surface area contributed by atoms with E-state index in [1.54, 1.807) is 0 Å². The number of nitro groups is 1. The number of esters is 1. The number of nitrogens with two attached hydrogens (primary N) is 1. The summed E-state index contributed by atoms with van der Waals surface area (Å²) >= 11 is 0. The molecule has 0 fully saturated rings. The molecule has 3 N–H and O–H groups in total. The van der Waals surface area contributed by atoms with Crippen molar-refractivity contribution in [2.24, 2.45) is 11.7 Å². The summed E-state index contributed by atoms with van der Waals surface area (Å²) < 4.78 is 9.75. The first-order chi connectivity index (χ1) is 12.2. The van der Waals surface area contributed by atoms with Gasteiger partial charge in [0.2, 0.25) is 11.8 Å². The van der Waals surface area contributed by atoms with Gasteiger partial charge in [0.1, 0.15) is 5.92 Å². The Kier molecular flexibility index (Phi) is 5.24. The number of nitrogens with one attached hydrogen (secondary N) is 1. The lowest BCUT2D eigenvalue weighted by Gasteiger charge is -2.31. The van der Waals surface area contributed by atoms with Crippen LogP contribution in [-0.2, 0) is 19.1 Å². The maximum atomic E-state index is 12.3. The topological polar surface area (TPSA) is 151 Å². The Morgan fingerprint density at radius 2 is 1.96 bits per heavy atom. The smallest absolute Gasteiger partial charge is 0.336 e. The van der Waals surface area contributed by atoms with Gasteiger partial charge in [0.05, 0.1) is 24.7 Å². The maximum absolute atomic E-state index is 12.3. The Bertz CT molecular complexity index is 831. The Morgan fingerprint density at radius 1 is 1.31 bits per heavy atom. The molecular formula is C16H17N3O7. The second-order valence-electron chi connectivity index (χ2n) is 5.53. The number of hydrogen-bond donors (Lipinski definition) is 2. The number of hydrogen-bond acceptors (Lipinski definition) is 7. The molecule has 2 atom stereocenters. The predicted molar refractivity (Wildman–Crippen MR) is 87.9 cm³/mol. The molecule has 0 saturated carbocycles. The van der Waals surface area contributed by atoms with E-state index in [1.165, 1.54) is 32.2 Å². The van der Waals surface area contributed by atoms with Crippen LogP contribution in [-0.4, -0.2) is 36.9 Å². The lowest BCUT2D eigenvalue weighted by atomic mass is 9.75. The monoisotopic (exact) mass is 363 g/mol. The van der Waals surface area contributed by atoms with Gasteiger partial charge in [-0.15, -0.1) is 0 Å². The fourth-order valence-electron chi connectivity index (χ4n) is 3.05. The molecule has 2 rings (SSSR count). The standard InChI is InChI=1S/C16H17N3O7/c1-7-10(16(22)26-3)11(12(14(17)20)15(21)18-7)8-5-4-6-9(25-2)13(8)19(23)24/h4-6,11-12H,1-3H3,(H2,17,20)(H,18,21). The average Bonchev–Trinajstić information content (AvgIpc) is 2.59. The molecule has 0 bridgehead atoms. The number of nitrogens with zero attached hydrogens (tertiary/aromatic N) is 1. The normalized spacial score (nSPS) is 19.6. The van der Waals surface area contributed by atoms with Gasteiger partial charge in [0.15, 0.2) is 5.75 Å². The molecule has 0 radical (unpaired) electrons. The van der Waals surface area contributed by atoms with Crippen molar-refractivity contribution >= 4 is 23.5 Å². The summed E-state index contributed by atoms with van der Waals surface area (Å²) in [5.41, 5.74) is 4.88. The lowest BCUT2D eigenvalue weighted by molar-refractivity contribution is -0.386. The Balaban J connectivity index is 2.85. The summed E-state index contributed by atoms with van der Waals surface area (Å²) in [5, 5.41) is 14.0. The van der Waals surface area contributed by atoms with E-state index in [0.29, 0.717) is 0 Å². The van der Waals surface area contributed by atoms with Crippen LogP contribution in [0.2, 0.25) is 0 Å². The highest BCUT2D eigenvalue weighted by molar-refractivity contribution is 6.06. The molecule has 0 spiro atoms. The van der Waals surface area contributed by atoms with Gasteiger partial charge < -0.3 is 20.5 Å². The zero-order chi connectivity index (χ0) is 19.6. The number of nitro benzene ring substituents is 1. The third kappa shape index (κ3) is 3.08. The lowest BCUT2D eigenvalue weighted by Crippen LogP contribution is -2.47. The molecule has 0 aromatic heterocycles. The van der Waals surface area contributed by atoms with E-state index in [1.807, 2.05) is 0 Å². The van der Waals surface area contributed by atoms with E-state index in [-0.39, 0.29) is 22.6 Å². The van der Waals surface area contributed by atoms with Crippen LogP contribution in [0, 0.1) is 16.0 Å². The van der Waals surface area contributed by atoms with E-state index in [2.05, 4.69) is 5.32 Å². The summed E-state index contributed by atoms with van der Waals surface area (Å²) in [7, 11) is 2.36. The molecule has 10 nitrogen and oxygen atoms in total. The highest BCUT2D eigenvalue weighted by Gasteiger charge is 2.47. The Hall–Kier alpha value is -3.43. The Labute approximate surface area is 148 Å². The third-order valence-corrected chi connectivity index (χ3v) is 4.12. The summed E-state index contributed by atoms with van der Waals surface area (Å²) in [5.74, 6) is -5.52. The van der Waals surface area contributed by atoms with E-state index >= 15 is 0 Å². The maximum Gasteiger partial charge on any atom is 0.336 e. The van der Waals surface area contributed by atoms with Crippen molar-refractivity contribution in [3.63, 3.8) is 0 Å². The average molecular weight is 363 g/mol. The molecule has 138 valence electrons. The summed E-state index contributed by atoms with van der Waals surface area (Å²) in [6, 6.07) is 4.16. The van der Waals surface area contributed by atoms with Gasteiger partial charge in [-0.25, -0.2) is 4.79 Å². The SMILES string of the molecule is COC(=O)C1=C(C)NC(=O)C(C(N)=O)C1c1cccc(OC)c1[N+](=O)[O-]. The number of carbonyl (C=O) groups is 3. The number of rotatable bonds is 5. The minimum atomic E-state index is -1.53. The number of ether oxygens (including phenoxy) is 2. The molecule has 0 saturated heterocycles. The molecule has 1 aromatic carbocycles. The molecule has 1 aromatic rings. The van der Waals surface area contributed by atoms with Gasteiger partial charge in [-0.1, -0.05) is 12.1 Å². The number of benzene rings is 1. The summed E-state index contributed by atoms with van der Waals surface area (Å²) in [4.78, 5) is 47.4. The van der Waals surface area contributed by atoms with E-state index in [9.17, 15) is 24.5 Å². The van der Waals surface area contributed by atoms with Crippen LogP contribution in [0.1, 0.15) is 18.4 Å². The van der Waals surface area contributed by atoms with Crippen LogP contribution in [0.5, 0.6) is 5.75 Å². The van der Waals surface area contributed by atoms with Crippen molar-refractivity contribution in [3.8, 4) is 5.75 Å². The molecule has 1 heterocycles. The highest BCUT2D eigenvalue weighted by atomic mass is 16.6. The van der Waals surface area contributed by atoms with Crippen LogP contribution in [0.15, 0.2) is 29.5 Å². The van der Waals surface area contributed by atoms with Crippen LogP contribution in [0.4, 0.5) is 5.69 Å². The fraction of sp³-hybridized carbons (Fsp3) is 0.312. The van der Waals surface area contributed by atoms with Gasteiger partial charge in [0.25, 0.3) is 0 Å². The summed E-state index contributed by atoms with van der Waals surface area (Å²) in [6.07, 6.45) is 0. The minimum Gasteiger partial charge on any atom is -0.490 e. The first-order valence-electron chi connectivity index (χ1n) is 7.45. The van der Waals surface area contributed by atoms with E-state index in [4.69, 9.17) is 15.2 Å². The van der Waals surface area contributed by atoms with Crippen LogP contribution in [0.25, 0.3) is 0 Å². The van der Waals surface area contributed by atoms with Crippen molar-refractivity contribution in [2.45, 2.75) is 12.8 Å². The Morgan fingerprint density at radius 3 is 2.46 bits per heavy atom. The van der Waals surface area contributed by atoms with Crippen LogP contribution in [0.3, 0.4) is 0 Å². The molecule has 2 amide bonds. The molecule has 2 unspecified atom stereocenters. The number of allylic oxidation sites excluding steroid dienone is 1.